The van der Waals surface area contributed by atoms with E-state index in [1.165, 1.54) is 21.7 Å². The van der Waals surface area contributed by atoms with E-state index >= 15 is 4.57 Å². The standard InChI is InChI=1S/C42H27N2OP/c45-46(29-16-5-2-6-17-29)38-25-12-9-20-33(38)41-39(46)27-26-31-30-18-7-10-21-34(30)44(42(31)41)37-24-13-23-36-40(37)32-19-8-11-22-35(32)43(36)28-14-3-1-4-15-28/h1-27H. The summed E-state index contributed by atoms with van der Waals surface area (Å²) in [6, 6.07) is 57.2. The number of benzene rings is 7. The van der Waals surface area contributed by atoms with Crippen LogP contribution in [0.3, 0.4) is 0 Å². The van der Waals surface area contributed by atoms with Crippen molar-refractivity contribution >= 4 is 66.7 Å². The maximum Gasteiger partial charge on any atom is 0.172 e. The molecule has 10 rings (SSSR count). The second-order valence-corrected chi connectivity index (χ2v) is 14.7. The fourth-order valence-corrected chi connectivity index (χ4v) is 10.9. The molecule has 3 heterocycles. The molecule has 0 saturated heterocycles. The Morgan fingerprint density at radius 1 is 0.435 bits per heavy atom. The lowest BCUT2D eigenvalue weighted by molar-refractivity contribution is 0.593. The first kappa shape index (κ1) is 25.7. The van der Waals surface area contributed by atoms with Crippen LogP contribution >= 0.6 is 7.14 Å². The zero-order valence-corrected chi connectivity index (χ0v) is 25.7. The van der Waals surface area contributed by atoms with Gasteiger partial charge in [0.15, 0.2) is 7.14 Å². The minimum atomic E-state index is -3.10. The fourth-order valence-electron chi connectivity index (χ4n) is 7.87. The molecule has 1 aliphatic rings. The molecule has 9 aromatic rings. The third-order valence-electron chi connectivity index (χ3n) is 9.72. The smallest absolute Gasteiger partial charge is 0.172 e. The van der Waals surface area contributed by atoms with Gasteiger partial charge in [0.05, 0.1) is 27.8 Å². The van der Waals surface area contributed by atoms with Gasteiger partial charge in [-0.2, -0.15) is 0 Å². The second-order valence-electron chi connectivity index (χ2n) is 12.0. The SMILES string of the molecule is O=P1(c2ccccc2)c2ccccc2-c2c1ccc1c3ccccc3n(-c3cccc4c3c3ccccc3n4-c3ccccc3)c21. The van der Waals surface area contributed by atoms with Gasteiger partial charge in [0.2, 0.25) is 0 Å². The molecule has 3 nitrogen and oxygen atoms in total. The summed E-state index contributed by atoms with van der Waals surface area (Å²) in [6.07, 6.45) is 0. The van der Waals surface area contributed by atoms with E-state index in [-0.39, 0.29) is 0 Å². The Morgan fingerprint density at radius 2 is 1.07 bits per heavy atom. The van der Waals surface area contributed by atoms with Crippen molar-refractivity contribution in [1.82, 2.24) is 9.13 Å². The van der Waals surface area contributed by atoms with Gasteiger partial charge in [-0.3, -0.25) is 0 Å². The molecule has 216 valence electrons. The third-order valence-corrected chi connectivity index (χ3v) is 12.9. The Kier molecular flexibility index (Phi) is 5.27. The first-order valence-corrected chi connectivity index (χ1v) is 17.4. The number of para-hydroxylation sites is 3. The molecular formula is C42H27N2OP. The van der Waals surface area contributed by atoms with Crippen molar-refractivity contribution in [1.29, 1.82) is 0 Å². The lowest BCUT2D eigenvalue weighted by Gasteiger charge is -2.16. The number of nitrogens with zero attached hydrogens (tertiary/aromatic N) is 2. The molecule has 0 N–H and O–H groups in total. The molecule has 4 heteroatoms. The molecule has 46 heavy (non-hydrogen) atoms. The van der Waals surface area contributed by atoms with Crippen LogP contribution in [0.25, 0.3) is 66.1 Å². The Morgan fingerprint density at radius 3 is 1.87 bits per heavy atom. The average Bonchev–Trinajstić information content (AvgIpc) is 3.74. The maximum atomic E-state index is 15.5. The molecule has 1 unspecified atom stereocenters. The number of hydrogen-bond donors (Lipinski definition) is 0. The van der Waals surface area contributed by atoms with Gasteiger partial charge >= 0.3 is 0 Å². The van der Waals surface area contributed by atoms with Gasteiger partial charge in [-0.05, 0) is 48.0 Å². The van der Waals surface area contributed by atoms with Crippen LogP contribution in [0.2, 0.25) is 0 Å². The van der Waals surface area contributed by atoms with Crippen LogP contribution in [0.15, 0.2) is 164 Å². The molecule has 0 aliphatic carbocycles. The van der Waals surface area contributed by atoms with Gasteiger partial charge in [0.1, 0.15) is 0 Å². The van der Waals surface area contributed by atoms with Crippen molar-refractivity contribution in [3.63, 3.8) is 0 Å². The van der Waals surface area contributed by atoms with E-state index in [1.807, 2.05) is 36.4 Å². The van der Waals surface area contributed by atoms with Crippen LogP contribution in [0.1, 0.15) is 0 Å². The molecule has 0 fully saturated rings. The monoisotopic (exact) mass is 606 g/mol. The highest BCUT2D eigenvalue weighted by atomic mass is 31.2. The van der Waals surface area contributed by atoms with E-state index in [4.69, 9.17) is 0 Å². The summed E-state index contributed by atoms with van der Waals surface area (Å²) in [5, 5.41) is 7.44. The summed E-state index contributed by atoms with van der Waals surface area (Å²) in [5.41, 5.74) is 8.92. The Bertz CT molecular complexity index is 2720. The second kappa shape index (κ2) is 9.44. The summed E-state index contributed by atoms with van der Waals surface area (Å²) >= 11 is 0. The summed E-state index contributed by atoms with van der Waals surface area (Å²) in [6.45, 7) is 0. The number of hydrogen-bond acceptors (Lipinski definition) is 1. The van der Waals surface area contributed by atoms with Crippen molar-refractivity contribution in [3.8, 4) is 22.5 Å². The highest BCUT2D eigenvalue weighted by molar-refractivity contribution is 7.86. The van der Waals surface area contributed by atoms with E-state index in [9.17, 15) is 0 Å². The van der Waals surface area contributed by atoms with Gasteiger partial charge in [-0.1, -0.05) is 121 Å². The number of aromatic nitrogens is 2. The van der Waals surface area contributed by atoms with E-state index < -0.39 is 7.14 Å². The molecule has 0 radical (unpaired) electrons. The lowest BCUT2D eigenvalue weighted by Crippen LogP contribution is -2.20. The minimum Gasteiger partial charge on any atom is -0.309 e. The molecule has 0 amide bonds. The quantitative estimate of drug-likeness (QED) is 0.184. The predicted molar refractivity (Wildman–Crippen MR) is 194 cm³/mol. The minimum absolute atomic E-state index is 0.872. The predicted octanol–water partition coefficient (Wildman–Crippen LogP) is 9.50. The van der Waals surface area contributed by atoms with Gasteiger partial charge < -0.3 is 13.7 Å². The summed E-state index contributed by atoms with van der Waals surface area (Å²) in [7, 11) is -3.10. The van der Waals surface area contributed by atoms with E-state index in [2.05, 4.69) is 137 Å². The van der Waals surface area contributed by atoms with Gasteiger partial charge in [0, 0.05) is 48.7 Å². The fraction of sp³-hybridized carbons (Fsp3) is 0. The molecule has 2 aromatic heterocycles. The first-order chi connectivity index (χ1) is 22.7. The molecule has 7 aromatic carbocycles. The highest BCUT2D eigenvalue weighted by Gasteiger charge is 2.42. The lowest BCUT2D eigenvalue weighted by atomic mass is 10.0. The van der Waals surface area contributed by atoms with E-state index in [0.717, 1.165) is 60.4 Å². The summed E-state index contributed by atoms with van der Waals surface area (Å²) < 4.78 is 20.3. The topological polar surface area (TPSA) is 26.9 Å². The maximum absolute atomic E-state index is 15.5. The molecular weight excluding hydrogens is 579 g/mol. The first-order valence-electron chi connectivity index (χ1n) is 15.7. The van der Waals surface area contributed by atoms with Crippen molar-refractivity contribution in [3.05, 3.63) is 164 Å². The third kappa shape index (κ3) is 3.25. The molecule has 0 bridgehead atoms. The van der Waals surface area contributed by atoms with Gasteiger partial charge in [-0.15, -0.1) is 0 Å². The molecule has 1 atom stereocenters. The number of fused-ring (bicyclic) bond motifs is 10. The normalized spacial score (nSPS) is 15.6. The van der Waals surface area contributed by atoms with Crippen molar-refractivity contribution in [2.24, 2.45) is 0 Å². The van der Waals surface area contributed by atoms with E-state index in [1.54, 1.807) is 0 Å². The largest absolute Gasteiger partial charge is 0.309 e. The van der Waals surface area contributed by atoms with Crippen LogP contribution in [-0.2, 0) is 4.57 Å². The van der Waals surface area contributed by atoms with Crippen LogP contribution in [0.4, 0.5) is 0 Å². The number of rotatable bonds is 3. The zero-order chi connectivity index (χ0) is 30.4. The van der Waals surface area contributed by atoms with Crippen molar-refractivity contribution < 1.29 is 4.57 Å². The molecule has 0 spiro atoms. The van der Waals surface area contributed by atoms with Gasteiger partial charge in [0.25, 0.3) is 0 Å². The van der Waals surface area contributed by atoms with Crippen LogP contribution in [0, 0.1) is 0 Å². The van der Waals surface area contributed by atoms with Crippen LogP contribution in [0.5, 0.6) is 0 Å². The average molecular weight is 607 g/mol. The summed E-state index contributed by atoms with van der Waals surface area (Å²) in [5.74, 6) is 0. The zero-order valence-electron chi connectivity index (χ0n) is 24.8. The Hall–Kier alpha value is -5.63. The molecule has 0 saturated carbocycles. The van der Waals surface area contributed by atoms with E-state index in [0.29, 0.717) is 0 Å². The van der Waals surface area contributed by atoms with Gasteiger partial charge in [-0.25, -0.2) is 0 Å². The van der Waals surface area contributed by atoms with Crippen molar-refractivity contribution in [2.45, 2.75) is 0 Å². The van der Waals surface area contributed by atoms with Crippen LogP contribution < -0.4 is 15.9 Å². The summed E-state index contributed by atoms with van der Waals surface area (Å²) in [4.78, 5) is 0. The van der Waals surface area contributed by atoms with Crippen LogP contribution in [-0.4, -0.2) is 9.13 Å². The van der Waals surface area contributed by atoms with Crippen molar-refractivity contribution in [2.75, 3.05) is 0 Å². The molecule has 1 aliphatic heterocycles. The Balaban J connectivity index is 1.40. The Labute approximate surface area is 266 Å². The highest BCUT2D eigenvalue weighted by Crippen LogP contribution is 2.55.